The molecular formula is C15H18N4O3. The molecule has 3 rings (SSSR count). The van der Waals surface area contributed by atoms with E-state index in [0.29, 0.717) is 17.3 Å². The van der Waals surface area contributed by atoms with Crippen molar-refractivity contribution >= 4 is 23.5 Å². The number of carbonyl (C=O) groups is 3. The SMILES string of the molecule is O=C(Nc1ccc(C(=O)NNC(=O)C2CC2)cc1)NC1CC1. The summed E-state index contributed by atoms with van der Waals surface area (Å²) in [6, 6.07) is 6.52. The molecule has 0 radical (unpaired) electrons. The number of nitrogens with one attached hydrogen (secondary N) is 4. The van der Waals surface area contributed by atoms with E-state index in [1.807, 2.05) is 0 Å². The van der Waals surface area contributed by atoms with Gasteiger partial charge >= 0.3 is 6.03 Å². The lowest BCUT2D eigenvalue weighted by Crippen LogP contribution is -2.42. The summed E-state index contributed by atoms with van der Waals surface area (Å²) in [6.07, 6.45) is 3.81. The van der Waals surface area contributed by atoms with Crippen molar-refractivity contribution in [1.29, 1.82) is 0 Å². The molecule has 0 aliphatic heterocycles. The highest BCUT2D eigenvalue weighted by Crippen LogP contribution is 2.28. The van der Waals surface area contributed by atoms with Gasteiger partial charge in [-0.05, 0) is 49.9 Å². The minimum Gasteiger partial charge on any atom is -0.335 e. The van der Waals surface area contributed by atoms with Gasteiger partial charge in [-0.15, -0.1) is 0 Å². The number of benzene rings is 1. The third kappa shape index (κ3) is 3.97. The summed E-state index contributed by atoms with van der Waals surface area (Å²) in [4.78, 5) is 34.9. The van der Waals surface area contributed by atoms with Crippen molar-refractivity contribution in [3.63, 3.8) is 0 Å². The van der Waals surface area contributed by atoms with E-state index in [-0.39, 0.29) is 23.8 Å². The minimum absolute atomic E-state index is 0.0388. The van der Waals surface area contributed by atoms with Crippen molar-refractivity contribution in [2.45, 2.75) is 31.7 Å². The van der Waals surface area contributed by atoms with Gasteiger partial charge in [-0.1, -0.05) is 0 Å². The monoisotopic (exact) mass is 302 g/mol. The fourth-order valence-electron chi connectivity index (χ4n) is 1.92. The molecule has 7 heteroatoms. The second kappa shape index (κ2) is 6.05. The minimum atomic E-state index is -0.386. The van der Waals surface area contributed by atoms with Crippen LogP contribution in [0.5, 0.6) is 0 Å². The van der Waals surface area contributed by atoms with Gasteiger partial charge in [-0.3, -0.25) is 20.4 Å². The first-order valence-corrected chi connectivity index (χ1v) is 7.39. The molecule has 0 aromatic heterocycles. The van der Waals surface area contributed by atoms with Gasteiger partial charge in [-0.2, -0.15) is 0 Å². The van der Waals surface area contributed by atoms with E-state index in [1.54, 1.807) is 24.3 Å². The molecule has 0 spiro atoms. The molecule has 116 valence electrons. The topological polar surface area (TPSA) is 99.3 Å². The molecule has 0 atom stereocenters. The lowest BCUT2D eigenvalue weighted by Gasteiger charge is -2.09. The highest BCUT2D eigenvalue weighted by atomic mass is 16.2. The van der Waals surface area contributed by atoms with Crippen LogP contribution in [0.4, 0.5) is 10.5 Å². The first-order valence-electron chi connectivity index (χ1n) is 7.39. The van der Waals surface area contributed by atoms with Crippen LogP contribution in [0.15, 0.2) is 24.3 Å². The molecule has 2 saturated carbocycles. The third-order valence-corrected chi connectivity index (χ3v) is 3.56. The largest absolute Gasteiger partial charge is 0.335 e. The molecule has 0 unspecified atom stereocenters. The maximum atomic E-state index is 11.9. The predicted octanol–water partition coefficient (Wildman–Crippen LogP) is 1.14. The zero-order valence-electron chi connectivity index (χ0n) is 12.0. The summed E-state index contributed by atoms with van der Waals surface area (Å²) in [5.41, 5.74) is 5.79. The van der Waals surface area contributed by atoms with Crippen LogP contribution in [-0.4, -0.2) is 23.9 Å². The standard InChI is InChI=1S/C15H18N4O3/c20-13(9-1-2-9)18-19-14(21)10-3-5-11(6-4-10)16-15(22)17-12-7-8-12/h3-6,9,12H,1-2,7-8H2,(H,18,20)(H,19,21)(H2,16,17,22). The molecule has 4 amide bonds. The van der Waals surface area contributed by atoms with Crippen molar-refractivity contribution in [3.05, 3.63) is 29.8 Å². The number of amides is 4. The van der Waals surface area contributed by atoms with Crippen LogP contribution in [-0.2, 0) is 4.79 Å². The van der Waals surface area contributed by atoms with Gasteiger partial charge in [0.15, 0.2) is 0 Å². The Morgan fingerprint density at radius 2 is 1.59 bits per heavy atom. The molecule has 22 heavy (non-hydrogen) atoms. The number of hydrogen-bond acceptors (Lipinski definition) is 3. The molecule has 1 aromatic rings. The number of urea groups is 1. The van der Waals surface area contributed by atoms with Crippen molar-refractivity contribution < 1.29 is 14.4 Å². The van der Waals surface area contributed by atoms with Crippen molar-refractivity contribution in [2.24, 2.45) is 5.92 Å². The van der Waals surface area contributed by atoms with Crippen LogP contribution >= 0.6 is 0 Å². The van der Waals surface area contributed by atoms with E-state index in [4.69, 9.17) is 0 Å². The van der Waals surface area contributed by atoms with Crippen molar-refractivity contribution in [3.8, 4) is 0 Å². The Balaban J connectivity index is 1.47. The van der Waals surface area contributed by atoms with Crippen molar-refractivity contribution in [2.75, 3.05) is 5.32 Å². The molecule has 4 N–H and O–H groups in total. The van der Waals surface area contributed by atoms with E-state index in [2.05, 4.69) is 21.5 Å². The summed E-state index contributed by atoms with van der Waals surface area (Å²) in [5, 5.41) is 5.51. The van der Waals surface area contributed by atoms with E-state index >= 15 is 0 Å². The Morgan fingerprint density at radius 3 is 2.18 bits per heavy atom. The van der Waals surface area contributed by atoms with E-state index < -0.39 is 0 Å². The highest BCUT2D eigenvalue weighted by Gasteiger charge is 2.29. The molecule has 7 nitrogen and oxygen atoms in total. The second-order valence-corrected chi connectivity index (χ2v) is 5.67. The molecule has 2 fully saturated rings. The van der Waals surface area contributed by atoms with Crippen LogP contribution in [0.1, 0.15) is 36.0 Å². The Hall–Kier alpha value is -2.57. The lowest BCUT2D eigenvalue weighted by atomic mass is 10.2. The molecule has 0 bridgehead atoms. The Bertz CT molecular complexity index is 591. The zero-order valence-corrected chi connectivity index (χ0v) is 12.0. The van der Waals surface area contributed by atoms with Gasteiger partial charge in [0.2, 0.25) is 5.91 Å². The normalized spacial score (nSPS) is 16.5. The summed E-state index contributed by atoms with van der Waals surface area (Å²) in [7, 11) is 0. The zero-order chi connectivity index (χ0) is 15.5. The van der Waals surface area contributed by atoms with Crippen LogP contribution < -0.4 is 21.5 Å². The molecule has 1 aromatic carbocycles. The van der Waals surface area contributed by atoms with E-state index in [1.165, 1.54) is 0 Å². The van der Waals surface area contributed by atoms with Gasteiger partial charge < -0.3 is 10.6 Å². The Kier molecular flexibility index (Phi) is 3.95. The molecule has 2 aliphatic rings. The van der Waals surface area contributed by atoms with E-state index in [0.717, 1.165) is 25.7 Å². The third-order valence-electron chi connectivity index (χ3n) is 3.56. The highest BCUT2D eigenvalue weighted by molar-refractivity contribution is 5.96. The van der Waals surface area contributed by atoms with E-state index in [9.17, 15) is 14.4 Å². The van der Waals surface area contributed by atoms with Crippen LogP contribution in [0, 0.1) is 5.92 Å². The first kappa shape index (κ1) is 14.4. The lowest BCUT2D eigenvalue weighted by molar-refractivity contribution is -0.123. The number of hydrazine groups is 1. The fraction of sp³-hybridized carbons (Fsp3) is 0.400. The smallest absolute Gasteiger partial charge is 0.319 e. The first-order chi connectivity index (χ1) is 10.6. The van der Waals surface area contributed by atoms with Crippen LogP contribution in [0.2, 0.25) is 0 Å². The van der Waals surface area contributed by atoms with Crippen molar-refractivity contribution in [1.82, 2.24) is 16.2 Å². The average Bonchev–Trinajstić information content (AvgIpc) is 3.37. The quantitative estimate of drug-likeness (QED) is 0.628. The molecular weight excluding hydrogens is 284 g/mol. The number of hydrogen-bond donors (Lipinski definition) is 4. The van der Waals surface area contributed by atoms with Gasteiger partial charge in [0.05, 0.1) is 0 Å². The molecule has 2 aliphatic carbocycles. The maximum Gasteiger partial charge on any atom is 0.319 e. The summed E-state index contributed by atoms with van der Waals surface area (Å²) < 4.78 is 0. The second-order valence-electron chi connectivity index (χ2n) is 5.67. The number of carbonyl (C=O) groups excluding carboxylic acids is 3. The van der Waals surface area contributed by atoms with Gasteiger partial charge in [0.1, 0.15) is 0 Å². The van der Waals surface area contributed by atoms with Crippen LogP contribution in [0.25, 0.3) is 0 Å². The molecule has 0 saturated heterocycles. The summed E-state index contributed by atoms with van der Waals surface area (Å²) >= 11 is 0. The number of anilines is 1. The van der Waals surface area contributed by atoms with Crippen LogP contribution in [0.3, 0.4) is 0 Å². The summed E-state index contributed by atoms with van der Waals surface area (Å²) in [6.45, 7) is 0. The molecule has 0 heterocycles. The summed E-state index contributed by atoms with van der Waals surface area (Å²) in [5.74, 6) is -0.497. The Morgan fingerprint density at radius 1 is 0.909 bits per heavy atom. The maximum absolute atomic E-state index is 11.9. The predicted molar refractivity (Wildman–Crippen MR) is 80.0 cm³/mol. The van der Waals surface area contributed by atoms with Gasteiger partial charge in [0, 0.05) is 23.2 Å². The Labute approximate surface area is 127 Å². The van der Waals surface area contributed by atoms with Gasteiger partial charge in [-0.25, -0.2) is 4.79 Å². The number of rotatable bonds is 4. The average molecular weight is 302 g/mol. The van der Waals surface area contributed by atoms with Gasteiger partial charge in [0.25, 0.3) is 5.91 Å². The fourth-order valence-corrected chi connectivity index (χ4v) is 1.92.